The maximum absolute atomic E-state index is 14.2. The average molecular weight is 515 g/mol. The first-order chi connectivity index (χ1) is 19.1. The lowest BCUT2D eigenvalue weighted by molar-refractivity contribution is -0.122. The zero-order valence-electron chi connectivity index (χ0n) is 21.6. The number of para-hydroxylation sites is 2. The molecule has 0 radical (unpaired) electrons. The number of amides is 2. The summed E-state index contributed by atoms with van der Waals surface area (Å²) in [4.78, 5) is 31.0. The Bertz CT molecular complexity index is 1580. The van der Waals surface area contributed by atoms with Crippen molar-refractivity contribution in [3.05, 3.63) is 132 Å². The van der Waals surface area contributed by atoms with E-state index in [1.165, 1.54) is 4.90 Å². The van der Waals surface area contributed by atoms with Gasteiger partial charge in [0.05, 0.1) is 30.0 Å². The van der Waals surface area contributed by atoms with Crippen molar-refractivity contribution in [2.75, 3.05) is 21.9 Å². The van der Waals surface area contributed by atoms with Gasteiger partial charge < -0.3 is 4.74 Å². The molecule has 2 aliphatic heterocycles. The van der Waals surface area contributed by atoms with Crippen LogP contribution in [0.5, 0.6) is 5.75 Å². The van der Waals surface area contributed by atoms with Crippen LogP contribution in [0.25, 0.3) is 0 Å². The van der Waals surface area contributed by atoms with Crippen molar-refractivity contribution in [3.63, 3.8) is 0 Å². The summed E-state index contributed by atoms with van der Waals surface area (Å²) in [6.45, 7) is 1.78. The number of carbonyl (C=O) groups excluding carboxylic acids is 2. The standard InChI is InChI=1S/C32H26N4O3/c1-22-28(32(38)35(31(22)37)25-18-20-27(39-2)21-19-25)30-34(24-14-8-4-9-15-24)29(23-12-6-3-7-13-23)33-36(30)26-16-10-5-11-17-26/h3-22H,1-2H3/b30-28+. The van der Waals surface area contributed by atoms with Crippen LogP contribution in [0.3, 0.4) is 0 Å². The molecule has 0 aliphatic carbocycles. The minimum Gasteiger partial charge on any atom is -0.497 e. The highest BCUT2D eigenvalue weighted by molar-refractivity contribution is 6.30. The highest BCUT2D eigenvalue weighted by Crippen LogP contribution is 2.41. The van der Waals surface area contributed by atoms with E-state index < -0.39 is 5.92 Å². The van der Waals surface area contributed by atoms with Gasteiger partial charge in [0.1, 0.15) is 5.75 Å². The van der Waals surface area contributed by atoms with Gasteiger partial charge in [-0.1, -0.05) is 66.7 Å². The fourth-order valence-corrected chi connectivity index (χ4v) is 4.95. The van der Waals surface area contributed by atoms with Crippen molar-refractivity contribution < 1.29 is 14.3 Å². The van der Waals surface area contributed by atoms with E-state index >= 15 is 0 Å². The maximum Gasteiger partial charge on any atom is 0.265 e. The van der Waals surface area contributed by atoms with Gasteiger partial charge in [-0.05, 0) is 55.5 Å². The van der Waals surface area contributed by atoms with E-state index in [9.17, 15) is 9.59 Å². The second-order valence-corrected chi connectivity index (χ2v) is 9.24. The first-order valence-electron chi connectivity index (χ1n) is 12.7. The lowest BCUT2D eigenvalue weighted by Crippen LogP contribution is -2.33. The lowest BCUT2D eigenvalue weighted by atomic mass is 10.0. The summed E-state index contributed by atoms with van der Waals surface area (Å²) < 4.78 is 5.26. The molecule has 7 nitrogen and oxygen atoms in total. The van der Waals surface area contributed by atoms with Gasteiger partial charge >= 0.3 is 0 Å². The molecule has 0 spiro atoms. The van der Waals surface area contributed by atoms with Crippen LogP contribution in [0.2, 0.25) is 0 Å². The highest BCUT2D eigenvalue weighted by Gasteiger charge is 2.48. The Morgan fingerprint density at radius 2 is 1.21 bits per heavy atom. The molecule has 1 fully saturated rings. The van der Waals surface area contributed by atoms with Crippen molar-refractivity contribution in [3.8, 4) is 5.75 Å². The van der Waals surface area contributed by atoms with Crippen LogP contribution in [0.4, 0.5) is 17.1 Å². The van der Waals surface area contributed by atoms with Gasteiger partial charge in [-0.15, -0.1) is 5.10 Å². The SMILES string of the molecule is COc1ccc(N2C(=O)/C(=C3/N(c4ccccc4)N=C(c4ccccc4)N3c3ccccc3)C(C)C2=O)cc1. The molecule has 0 N–H and O–H groups in total. The minimum absolute atomic E-state index is 0.290. The van der Waals surface area contributed by atoms with Gasteiger partial charge in [0.15, 0.2) is 11.7 Å². The van der Waals surface area contributed by atoms with Gasteiger partial charge in [0.2, 0.25) is 5.91 Å². The number of anilines is 3. The zero-order valence-corrected chi connectivity index (χ0v) is 21.6. The molecule has 39 heavy (non-hydrogen) atoms. The number of benzene rings is 4. The molecule has 0 saturated carbocycles. The van der Waals surface area contributed by atoms with Crippen molar-refractivity contribution >= 4 is 34.7 Å². The van der Waals surface area contributed by atoms with E-state index in [1.54, 1.807) is 43.3 Å². The fraction of sp³-hybridized carbons (Fsp3) is 0.0938. The molecule has 2 aliphatic rings. The van der Waals surface area contributed by atoms with E-state index in [4.69, 9.17) is 9.84 Å². The largest absolute Gasteiger partial charge is 0.497 e. The third-order valence-corrected chi connectivity index (χ3v) is 6.89. The first kappa shape index (κ1) is 24.2. The fourth-order valence-electron chi connectivity index (χ4n) is 4.95. The minimum atomic E-state index is -0.697. The van der Waals surface area contributed by atoms with Gasteiger partial charge in [-0.2, -0.15) is 0 Å². The van der Waals surface area contributed by atoms with Crippen LogP contribution in [0.15, 0.2) is 132 Å². The summed E-state index contributed by atoms with van der Waals surface area (Å²) in [5, 5.41) is 6.81. The third kappa shape index (κ3) is 4.14. The summed E-state index contributed by atoms with van der Waals surface area (Å²) in [6, 6.07) is 36.2. The summed E-state index contributed by atoms with van der Waals surface area (Å²) in [5.74, 6) is 0.474. The molecule has 6 rings (SSSR count). The number of hydrogen-bond donors (Lipinski definition) is 0. The normalized spacial score (nSPS) is 19.1. The smallest absolute Gasteiger partial charge is 0.265 e. The highest BCUT2D eigenvalue weighted by atomic mass is 16.5. The molecule has 192 valence electrons. The molecule has 4 aromatic rings. The van der Waals surface area contributed by atoms with E-state index in [0.717, 1.165) is 16.9 Å². The molecule has 4 aromatic carbocycles. The number of nitrogens with zero attached hydrogens (tertiary/aromatic N) is 4. The van der Waals surface area contributed by atoms with Crippen LogP contribution < -0.4 is 19.5 Å². The lowest BCUT2D eigenvalue weighted by Gasteiger charge is -2.27. The van der Waals surface area contributed by atoms with Gasteiger partial charge in [0.25, 0.3) is 5.91 Å². The molecular weight excluding hydrogens is 488 g/mol. The molecule has 7 heteroatoms. The number of rotatable bonds is 5. The monoisotopic (exact) mass is 514 g/mol. The Morgan fingerprint density at radius 3 is 1.79 bits per heavy atom. The van der Waals surface area contributed by atoms with E-state index in [-0.39, 0.29) is 11.8 Å². The number of imide groups is 1. The van der Waals surface area contributed by atoms with Crippen molar-refractivity contribution in [2.45, 2.75) is 6.92 Å². The maximum atomic E-state index is 14.2. The van der Waals surface area contributed by atoms with Crippen molar-refractivity contribution in [1.82, 2.24) is 0 Å². The second-order valence-electron chi connectivity index (χ2n) is 9.24. The molecule has 0 bridgehead atoms. The molecule has 0 aromatic heterocycles. The zero-order chi connectivity index (χ0) is 26.9. The van der Waals surface area contributed by atoms with Gasteiger partial charge in [-0.25, -0.2) is 9.91 Å². The predicted octanol–water partition coefficient (Wildman–Crippen LogP) is 5.80. The molecule has 1 atom stereocenters. The van der Waals surface area contributed by atoms with Crippen LogP contribution >= 0.6 is 0 Å². The summed E-state index contributed by atoms with van der Waals surface area (Å²) in [7, 11) is 1.58. The van der Waals surface area contributed by atoms with E-state index in [0.29, 0.717) is 28.7 Å². The van der Waals surface area contributed by atoms with Crippen molar-refractivity contribution in [1.29, 1.82) is 0 Å². The van der Waals surface area contributed by atoms with Crippen LogP contribution in [-0.4, -0.2) is 24.8 Å². The number of hydrogen-bond acceptors (Lipinski definition) is 6. The molecule has 2 heterocycles. The summed E-state index contributed by atoms with van der Waals surface area (Å²) >= 11 is 0. The Labute approximate surface area is 226 Å². The second kappa shape index (κ2) is 9.95. The number of carbonyl (C=O) groups is 2. The Morgan fingerprint density at radius 1 is 0.667 bits per heavy atom. The molecular formula is C32H26N4O3. The van der Waals surface area contributed by atoms with E-state index in [1.807, 2.05) is 95.9 Å². The number of amidine groups is 1. The molecule has 1 saturated heterocycles. The quantitative estimate of drug-likeness (QED) is 0.249. The van der Waals surface area contributed by atoms with Crippen LogP contribution in [0, 0.1) is 5.92 Å². The Balaban J connectivity index is 1.58. The summed E-state index contributed by atoms with van der Waals surface area (Å²) in [5.41, 5.74) is 3.36. The first-order valence-corrected chi connectivity index (χ1v) is 12.7. The van der Waals surface area contributed by atoms with E-state index in [2.05, 4.69) is 0 Å². The molecule has 2 amide bonds. The Hall–Kier alpha value is -5.17. The number of hydrazone groups is 1. The predicted molar refractivity (Wildman–Crippen MR) is 152 cm³/mol. The van der Waals surface area contributed by atoms with Crippen molar-refractivity contribution in [2.24, 2.45) is 11.0 Å². The topological polar surface area (TPSA) is 65.5 Å². The third-order valence-electron chi connectivity index (χ3n) is 6.89. The van der Waals surface area contributed by atoms with Crippen LogP contribution in [0.1, 0.15) is 12.5 Å². The number of methoxy groups -OCH3 is 1. The Kier molecular flexibility index (Phi) is 6.17. The van der Waals surface area contributed by atoms with Crippen LogP contribution in [-0.2, 0) is 9.59 Å². The molecule has 1 unspecified atom stereocenters. The van der Waals surface area contributed by atoms with Gasteiger partial charge in [-0.3, -0.25) is 14.5 Å². The number of ether oxygens (including phenoxy) is 1. The summed E-state index contributed by atoms with van der Waals surface area (Å²) in [6.07, 6.45) is 0. The van der Waals surface area contributed by atoms with Gasteiger partial charge in [0, 0.05) is 11.3 Å². The average Bonchev–Trinajstić information content (AvgIpc) is 3.48.